The highest BCUT2D eigenvalue weighted by Crippen LogP contribution is 2.42. The summed E-state index contributed by atoms with van der Waals surface area (Å²) in [7, 11) is 1.74. The van der Waals surface area contributed by atoms with Crippen LogP contribution in [0.4, 0.5) is 0 Å². The molecule has 1 heterocycles. The first-order valence-corrected chi connectivity index (χ1v) is 13.9. The molecule has 1 aromatic heterocycles. The molecule has 7 heteroatoms. The largest absolute Gasteiger partial charge is 0.459 e. The molecule has 0 radical (unpaired) electrons. The molecule has 0 spiro atoms. The van der Waals surface area contributed by atoms with Crippen molar-refractivity contribution in [3.8, 4) is 0 Å². The molecule has 0 saturated heterocycles. The summed E-state index contributed by atoms with van der Waals surface area (Å²) >= 11 is 10.2. The van der Waals surface area contributed by atoms with E-state index in [2.05, 4.69) is 26.0 Å². The van der Waals surface area contributed by atoms with E-state index in [0.717, 1.165) is 25.0 Å². The van der Waals surface area contributed by atoms with Gasteiger partial charge in [0.2, 0.25) is 0 Å². The zero-order chi connectivity index (χ0) is 23.8. The number of carbonyl (C=O) groups is 1. The zero-order valence-electron chi connectivity index (χ0n) is 19.8. The van der Waals surface area contributed by atoms with Crippen LogP contribution < -0.4 is 0 Å². The SMILES string of the molecule is COCc1c(C)cc(SC[C@H]2C(Cl)CC[C@@H]2CCCc2ccc(C(=O)OCCO)s2)cc1C. The van der Waals surface area contributed by atoms with E-state index in [1.807, 2.05) is 23.9 Å². The van der Waals surface area contributed by atoms with Crippen LogP contribution in [0.3, 0.4) is 0 Å². The molecule has 1 aliphatic rings. The fourth-order valence-corrected chi connectivity index (χ4v) is 7.55. The molecule has 1 unspecified atom stereocenters. The predicted octanol–water partition coefficient (Wildman–Crippen LogP) is 6.41. The number of hydrogen-bond acceptors (Lipinski definition) is 6. The smallest absolute Gasteiger partial charge is 0.348 e. The highest BCUT2D eigenvalue weighted by atomic mass is 35.5. The molecule has 1 saturated carbocycles. The van der Waals surface area contributed by atoms with Gasteiger partial charge in [-0.25, -0.2) is 4.79 Å². The molecule has 1 aliphatic carbocycles. The predicted molar refractivity (Wildman–Crippen MR) is 138 cm³/mol. The van der Waals surface area contributed by atoms with Gasteiger partial charge in [0.15, 0.2) is 0 Å². The van der Waals surface area contributed by atoms with E-state index in [0.29, 0.717) is 23.3 Å². The Balaban J connectivity index is 1.50. The first-order valence-electron chi connectivity index (χ1n) is 11.7. The van der Waals surface area contributed by atoms with Crippen molar-refractivity contribution in [2.75, 3.05) is 26.1 Å². The van der Waals surface area contributed by atoms with E-state index in [4.69, 9.17) is 26.2 Å². The quantitative estimate of drug-likeness (QED) is 0.203. The van der Waals surface area contributed by atoms with Gasteiger partial charge >= 0.3 is 5.97 Å². The number of rotatable bonds is 12. The number of halogens is 1. The van der Waals surface area contributed by atoms with E-state index in [1.54, 1.807) is 7.11 Å². The molecule has 33 heavy (non-hydrogen) atoms. The van der Waals surface area contributed by atoms with Crippen molar-refractivity contribution < 1.29 is 19.4 Å². The summed E-state index contributed by atoms with van der Waals surface area (Å²) < 4.78 is 10.3. The minimum atomic E-state index is -0.348. The van der Waals surface area contributed by atoms with Crippen molar-refractivity contribution in [1.82, 2.24) is 0 Å². The Hall–Kier alpha value is -1.05. The second kappa shape index (κ2) is 13.1. The van der Waals surface area contributed by atoms with Crippen molar-refractivity contribution in [2.24, 2.45) is 11.8 Å². The molecule has 0 amide bonds. The second-order valence-electron chi connectivity index (χ2n) is 8.81. The highest BCUT2D eigenvalue weighted by Gasteiger charge is 2.34. The molecule has 0 aliphatic heterocycles. The summed E-state index contributed by atoms with van der Waals surface area (Å²) in [4.78, 5) is 15.0. The number of methoxy groups -OCH3 is 1. The first-order chi connectivity index (χ1) is 15.9. The van der Waals surface area contributed by atoms with Crippen molar-refractivity contribution in [1.29, 1.82) is 0 Å². The third kappa shape index (κ3) is 7.46. The first kappa shape index (κ1) is 26.6. The Morgan fingerprint density at radius 3 is 2.70 bits per heavy atom. The average Bonchev–Trinajstić information content (AvgIpc) is 3.40. The molecule has 3 atom stereocenters. The molecule has 2 aromatic rings. The van der Waals surface area contributed by atoms with Crippen LogP contribution in [0.2, 0.25) is 0 Å². The van der Waals surface area contributed by atoms with E-state index in [-0.39, 0.29) is 24.6 Å². The lowest BCUT2D eigenvalue weighted by Crippen LogP contribution is -2.18. The van der Waals surface area contributed by atoms with Crippen LogP contribution in [0.25, 0.3) is 0 Å². The van der Waals surface area contributed by atoms with E-state index < -0.39 is 0 Å². The fourth-order valence-electron chi connectivity index (χ4n) is 4.67. The number of alkyl halides is 1. The second-order valence-corrected chi connectivity index (χ2v) is 11.6. The maximum atomic E-state index is 11.9. The van der Waals surface area contributed by atoms with E-state index in [1.165, 1.54) is 50.6 Å². The number of aryl methyl sites for hydroxylation is 3. The number of benzene rings is 1. The zero-order valence-corrected chi connectivity index (χ0v) is 22.2. The number of thioether (sulfide) groups is 1. The van der Waals surface area contributed by atoms with Gasteiger partial charge in [-0.3, -0.25) is 0 Å². The monoisotopic (exact) mass is 510 g/mol. The van der Waals surface area contributed by atoms with Crippen LogP contribution in [-0.4, -0.2) is 42.5 Å². The Morgan fingerprint density at radius 1 is 1.24 bits per heavy atom. The maximum Gasteiger partial charge on any atom is 0.348 e. The third-order valence-electron chi connectivity index (χ3n) is 6.47. The van der Waals surface area contributed by atoms with Crippen LogP contribution in [-0.2, 0) is 22.5 Å². The molecule has 182 valence electrons. The van der Waals surface area contributed by atoms with Gasteiger partial charge in [-0.1, -0.05) is 0 Å². The highest BCUT2D eigenvalue weighted by molar-refractivity contribution is 7.99. The van der Waals surface area contributed by atoms with Crippen LogP contribution in [0.15, 0.2) is 29.2 Å². The number of hydrogen-bond donors (Lipinski definition) is 1. The summed E-state index contributed by atoms with van der Waals surface area (Å²) in [5, 5.41) is 9.05. The Bertz CT molecular complexity index is 890. The van der Waals surface area contributed by atoms with Crippen molar-refractivity contribution in [3.05, 3.63) is 50.7 Å². The lowest BCUT2D eigenvalue weighted by Gasteiger charge is -2.22. The molecule has 1 N–H and O–H groups in total. The normalized spacial score (nSPS) is 20.3. The maximum absolute atomic E-state index is 11.9. The van der Waals surface area contributed by atoms with Crippen LogP contribution >= 0.6 is 34.7 Å². The van der Waals surface area contributed by atoms with Gasteiger partial charge in [-0.15, -0.1) is 34.7 Å². The summed E-state index contributed by atoms with van der Waals surface area (Å²) in [5.74, 6) is 1.90. The fraction of sp³-hybridized carbons (Fsp3) is 0.577. The minimum Gasteiger partial charge on any atom is -0.459 e. The summed E-state index contributed by atoms with van der Waals surface area (Å²) in [6, 6.07) is 8.40. The molecule has 4 nitrogen and oxygen atoms in total. The topological polar surface area (TPSA) is 55.8 Å². The third-order valence-corrected chi connectivity index (χ3v) is 9.26. The van der Waals surface area contributed by atoms with Crippen LogP contribution in [0, 0.1) is 25.7 Å². The number of aliphatic hydroxyl groups excluding tert-OH is 1. The number of thiophene rings is 1. The summed E-state index contributed by atoms with van der Waals surface area (Å²) in [6.45, 7) is 4.88. The van der Waals surface area contributed by atoms with Crippen molar-refractivity contribution >= 4 is 40.7 Å². The van der Waals surface area contributed by atoms with Gasteiger partial charge in [0.05, 0.1) is 13.2 Å². The van der Waals surface area contributed by atoms with Gasteiger partial charge in [-0.2, -0.15) is 0 Å². The van der Waals surface area contributed by atoms with Crippen molar-refractivity contribution in [3.63, 3.8) is 0 Å². The van der Waals surface area contributed by atoms with Gasteiger partial charge < -0.3 is 14.6 Å². The molecule has 0 bridgehead atoms. The van der Waals surface area contributed by atoms with Gasteiger partial charge in [0.1, 0.15) is 11.5 Å². The number of ether oxygens (including phenoxy) is 2. The number of carbonyl (C=O) groups excluding carboxylic acids is 1. The molecule has 3 rings (SSSR count). The van der Waals surface area contributed by atoms with Crippen molar-refractivity contribution in [2.45, 2.75) is 62.8 Å². The summed E-state index contributed by atoms with van der Waals surface area (Å²) in [5.41, 5.74) is 3.87. The van der Waals surface area contributed by atoms with Crippen LogP contribution in [0.5, 0.6) is 0 Å². The average molecular weight is 511 g/mol. The Morgan fingerprint density at radius 2 is 2.00 bits per heavy atom. The molecular formula is C26H35ClO4S2. The molecule has 1 fully saturated rings. The Kier molecular flexibility index (Phi) is 10.6. The van der Waals surface area contributed by atoms with E-state index >= 15 is 0 Å². The van der Waals surface area contributed by atoms with E-state index in [9.17, 15) is 4.79 Å². The number of esters is 1. The summed E-state index contributed by atoms with van der Waals surface area (Å²) in [6.07, 6.45) is 5.54. The number of aliphatic hydroxyl groups is 1. The lowest BCUT2D eigenvalue weighted by molar-refractivity contribution is 0.0439. The lowest BCUT2D eigenvalue weighted by atomic mass is 9.92. The minimum absolute atomic E-state index is 0.0448. The van der Waals surface area contributed by atoms with Crippen LogP contribution in [0.1, 0.15) is 56.9 Å². The molecular weight excluding hydrogens is 476 g/mol. The van der Waals surface area contributed by atoms with Gasteiger partial charge in [0.25, 0.3) is 0 Å². The molecule has 1 aromatic carbocycles. The van der Waals surface area contributed by atoms with Gasteiger partial charge in [-0.05, 0) is 98.7 Å². The van der Waals surface area contributed by atoms with Gasteiger partial charge in [0, 0.05) is 28.0 Å². The standard InChI is InChI=1S/C26H35ClO4S2/c1-17-13-21(14-18(2)22(17)15-30-3)32-16-23-19(7-9-24(23)27)5-4-6-20-8-10-25(33-20)26(29)31-12-11-28/h8,10,13-14,19,23-24,28H,4-7,9,11-12,15-16H2,1-3H3/t19-,23+,24?/m0/s1. The Labute approximate surface area is 211 Å².